The van der Waals surface area contributed by atoms with Crippen molar-refractivity contribution in [1.29, 1.82) is 0 Å². The van der Waals surface area contributed by atoms with Gasteiger partial charge < -0.3 is 5.73 Å². The molecule has 2 fully saturated rings. The highest BCUT2D eigenvalue weighted by atomic mass is 15.4. The van der Waals surface area contributed by atoms with Gasteiger partial charge in [0.15, 0.2) is 5.65 Å². The smallest absolute Gasteiger partial charge is 0.182 e. The largest absolute Gasteiger partial charge is 0.383 e. The SMILES string of the molecule is CC(C1CC1)n1nc(C2CCCC2)c2c(N)[nH]nc21. The summed E-state index contributed by atoms with van der Waals surface area (Å²) in [6.45, 7) is 2.26. The summed E-state index contributed by atoms with van der Waals surface area (Å²) in [5.74, 6) is 2.04. The molecule has 0 amide bonds. The zero-order valence-corrected chi connectivity index (χ0v) is 11.4. The number of aromatic nitrogens is 4. The van der Waals surface area contributed by atoms with Crippen LogP contribution in [0.3, 0.4) is 0 Å². The van der Waals surface area contributed by atoms with Gasteiger partial charge in [-0.15, -0.1) is 0 Å². The van der Waals surface area contributed by atoms with Gasteiger partial charge in [0.1, 0.15) is 5.82 Å². The molecule has 0 aromatic carbocycles. The highest BCUT2D eigenvalue weighted by molar-refractivity contribution is 5.89. The number of nitrogens with two attached hydrogens (primary N) is 1. The van der Waals surface area contributed by atoms with Gasteiger partial charge in [0.25, 0.3) is 0 Å². The second kappa shape index (κ2) is 3.99. The molecule has 0 aliphatic heterocycles. The molecule has 1 unspecified atom stereocenters. The predicted molar refractivity (Wildman–Crippen MR) is 74.9 cm³/mol. The van der Waals surface area contributed by atoms with E-state index in [2.05, 4.69) is 21.8 Å². The highest BCUT2D eigenvalue weighted by Crippen LogP contribution is 2.43. The van der Waals surface area contributed by atoms with E-state index in [-0.39, 0.29) is 0 Å². The molecule has 2 heterocycles. The Kier molecular flexibility index (Phi) is 2.37. The quantitative estimate of drug-likeness (QED) is 0.890. The zero-order valence-electron chi connectivity index (χ0n) is 11.4. The van der Waals surface area contributed by atoms with E-state index in [0.717, 1.165) is 17.0 Å². The Hall–Kier alpha value is -1.52. The van der Waals surface area contributed by atoms with Gasteiger partial charge in [0.2, 0.25) is 0 Å². The molecule has 2 aromatic heterocycles. The van der Waals surface area contributed by atoms with E-state index in [4.69, 9.17) is 10.8 Å². The zero-order chi connectivity index (χ0) is 13.0. The minimum absolute atomic E-state index is 0.445. The molecule has 2 saturated carbocycles. The van der Waals surface area contributed by atoms with Crippen molar-refractivity contribution in [3.63, 3.8) is 0 Å². The molecule has 0 saturated heterocycles. The first-order valence-electron chi connectivity index (χ1n) is 7.47. The summed E-state index contributed by atoms with van der Waals surface area (Å²) < 4.78 is 2.12. The molecule has 102 valence electrons. The van der Waals surface area contributed by atoms with Gasteiger partial charge in [-0.1, -0.05) is 12.8 Å². The monoisotopic (exact) mass is 259 g/mol. The Morgan fingerprint density at radius 2 is 2.00 bits per heavy atom. The van der Waals surface area contributed by atoms with Gasteiger partial charge >= 0.3 is 0 Å². The molecular weight excluding hydrogens is 238 g/mol. The average molecular weight is 259 g/mol. The van der Waals surface area contributed by atoms with Crippen LogP contribution in [0.4, 0.5) is 5.82 Å². The maximum atomic E-state index is 6.08. The van der Waals surface area contributed by atoms with Crippen LogP contribution in [-0.2, 0) is 0 Å². The number of aromatic amines is 1. The van der Waals surface area contributed by atoms with E-state index in [9.17, 15) is 0 Å². The predicted octanol–water partition coefficient (Wildman–Crippen LogP) is 2.97. The molecule has 0 spiro atoms. The summed E-state index contributed by atoms with van der Waals surface area (Å²) in [5, 5.41) is 13.3. The lowest BCUT2D eigenvalue weighted by Gasteiger charge is -2.11. The number of H-pyrrole nitrogens is 1. The molecule has 0 radical (unpaired) electrons. The highest BCUT2D eigenvalue weighted by Gasteiger charge is 2.33. The second-order valence-corrected chi connectivity index (χ2v) is 6.23. The lowest BCUT2D eigenvalue weighted by Crippen LogP contribution is -2.10. The van der Waals surface area contributed by atoms with E-state index >= 15 is 0 Å². The van der Waals surface area contributed by atoms with Crippen molar-refractivity contribution in [2.45, 2.75) is 57.4 Å². The first kappa shape index (κ1) is 11.3. The number of rotatable bonds is 3. The Labute approximate surface area is 112 Å². The van der Waals surface area contributed by atoms with Crippen LogP contribution in [0, 0.1) is 5.92 Å². The van der Waals surface area contributed by atoms with Crippen molar-refractivity contribution in [2.24, 2.45) is 5.92 Å². The molecule has 0 bridgehead atoms. The molecule has 5 nitrogen and oxygen atoms in total. The fourth-order valence-corrected chi connectivity index (χ4v) is 3.52. The van der Waals surface area contributed by atoms with Crippen LogP contribution in [-0.4, -0.2) is 20.0 Å². The van der Waals surface area contributed by atoms with Crippen LogP contribution in [0.1, 0.15) is 63.1 Å². The van der Waals surface area contributed by atoms with E-state index in [1.807, 2.05) is 0 Å². The van der Waals surface area contributed by atoms with Crippen molar-refractivity contribution in [1.82, 2.24) is 20.0 Å². The number of hydrogen-bond donors (Lipinski definition) is 2. The van der Waals surface area contributed by atoms with E-state index in [1.54, 1.807) is 0 Å². The summed E-state index contributed by atoms with van der Waals surface area (Å²) in [4.78, 5) is 0. The van der Waals surface area contributed by atoms with Crippen LogP contribution in [0.25, 0.3) is 11.0 Å². The van der Waals surface area contributed by atoms with Gasteiger partial charge in [0, 0.05) is 5.92 Å². The van der Waals surface area contributed by atoms with Crippen LogP contribution in [0.2, 0.25) is 0 Å². The summed E-state index contributed by atoms with van der Waals surface area (Å²) in [7, 11) is 0. The lowest BCUT2D eigenvalue weighted by molar-refractivity contribution is 0.442. The van der Waals surface area contributed by atoms with E-state index < -0.39 is 0 Å². The van der Waals surface area contributed by atoms with Crippen molar-refractivity contribution in [3.8, 4) is 0 Å². The number of anilines is 1. The molecule has 2 aromatic rings. The normalized spacial score (nSPS) is 22.4. The first-order valence-corrected chi connectivity index (χ1v) is 7.47. The third-order valence-corrected chi connectivity index (χ3v) is 4.90. The Morgan fingerprint density at radius 1 is 1.26 bits per heavy atom. The Balaban J connectivity index is 1.84. The first-order chi connectivity index (χ1) is 9.25. The number of nitrogens with one attached hydrogen (secondary N) is 1. The topological polar surface area (TPSA) is 72.5 Å². The minimum atomic E-state index is 0.445. The lowest BCUT2D eigenvalue weighted by atomic mass is 10.0. The Morgan fingerprint density at radius 3 is 2.68 bits per heavy atom. The summed E-state index contributed by atoms with van der Waals surface area (Å²) >= 11 is 0. The second-order valence-electron chi connectivity index (χ2n) is 6.23. The number of nitrogen functional groups attached to an aromatic ring is 1. The third-order valence-electron chi connectivity index (χ3n) is 4.90. The van der Waals surface area contributed by atoms with Crippen LogP contribution in [0.5, 0.6) is 0 Å². The maximum Gasteiger partial charge on any atom is 0.182 e. The van der Waals surface area contributed by atoms with Crippen molar-refractivity contribution in [2.75, 3.05) is 5.73 Å². The molecule has 2 aliphatic rings. The molecular formula is C14H21N5. The van der Waals surface area contributed by atoms with Crippen molar-refractivity contribution >= 4 is 16.9 Å². The molecule has 1 atom stereocenters. The minimum Gasteiger partial charge on any atom is -0.383 e. The van der Waals surface area contributed by atoms with Gasteiger partial charge in [-0.3, -0.25) is 5.10 Å². The van der Waals surface area contributed by atoms with E-state index in [0.29, 0.717) is 17.8 Å². The van der Waals surface area contributed by atoms with Gasteiger partial charge in [-0.05, 0) is 38.5 Å². The molecule has 19 heavy (non-hydrogen) atoms. The van der Waals surface area contributed by atoms with Crippen LogP contribution < -0.4 is 5.73 Å². The number of hydrogen-bond acceptors (Lipinski definition) is 3. The molecule has 3 N–H and O–H groups in total. The third kappa shape index (κ3) is 1.67. The standard InChI is InChI=1S/C14H21N5/c1-8(9-6-7-9)19-14-11(13(15)16-17-14)12(18-19)10-4-2-3-5-10/h8-10H,2-7H2,1H3,(H3,15,16,17). The molecule has 2 aliphatic carbocycles. The fraction of sp³-hybridized carbons (Fsp3) is 0.714. The van der Waals surface area contributed by atoms with Crippen LogP contribution in [0.15, 0.2) is 0 Å². The summed E-state index contributed by atoms with van der Waals surface area (Å²) in [6.07, 6.45) is 7.76. The van der Waals surface area contributed by atoms with Crippen molar-refractivity contribution < 1.29 is 0 Å². The summed E-state index contributed by atoms with van der Waals surface area (Å²) in [5.41, 5.74) is 8.22. The van der Waals surface area contributed by atoms with Gasteiger partial charge in [-0.25, -0.2) is 4.68 Å². The number of nitrogens with zero attached hydrogens (tertiary/aromatic N) is 3. The number of fused-ring (bicyclic) bond motifs is 1. The molecule has 5 heteroatoms. The maximum absolute atomic E-state index is 6.08. The van der Waals surface area contributed by atoms with E-state index in [1.165, 1.54) is 44.2 Å². The summed E-state index contributed by atoms with van der Waals surface area (Å²) in [6, 6.07) is 0.445. The fourth-order valence-electron chi connectivity index (χ4n) is 3.52. The van der Waals surface area contributed by atoms with Gasteiger partial charge in [0.05, 0.1) is 17.1 Å². The van der Waals surface area contributed by atoms with Crippen molar-refractivity contribution in [3.05, 3.63) is 5.69 Å². The van der Waals surface area contributed by atoms with Crippen LogP contribution >= 0.6 is 0 Å². The average Bonchev–Trinajstić information content (AvgIpc) is 2.85. The van der Waals surface area contributed by atoms with Gasteiger partial charge in [-0.2, -0.15) is 10.2 Å². The Bertz CT molecular complexity index is 601. The molecule has 4 rings (SSSR count).